The molecule has 0 rings (SSSR count). The van der Waals surface area contributed by atoms with E-state index in [0.717, 1.165) is 25.7 Å². The van der Waals surface area contributed by atoms with E-state index in [0.29, 0.717) is 6.42 Å². The van der Waals surface area contributed by atoms with E-state index in [-0.39, 0.29) is 12.8 Å². The smallest absolute Gasteiger partial charge is 0.223 e. The number of Topliss-reactive ketones (excluding diaryl/α,β-unsaturated/α-hetero) is 1. The summed E-state index contributed by atoms with van der Waals surface area (Å²) in [5, 5.41) is 19.2. The van der Waals surface area contributed by atoms with Crippen molar-refractivity contribution >= 4 is 5.78 Å². The molecule has 0 radical (unpaired) electrons. The average molecular weight is 355 g/mol. The zero-order chi connectivity index (χ0) is 18.8. The van der Waals surface area contributed by atoms with E-state index >= 15 is 0 Å². The Morgan fingerprint density at radius 3 is 1.72 bits per heavy atom. The summed E-state index contributed by atoms with van der Waals surface area (Å²) in [5.41, 5.74) is 0. The highest BCUT2D eigenvalue weighted by Crippen LogP contribution is 2.15. The summed E-state index contributed by atoms with van der Waals surface area (Å²) in [5.74, 6) is -2.53. The Balaban J connectivity index is 3.36. The molecule has 0 heterocycles. The second kappa shape index (κ2) is 16.8. The number of hydrogen-bond acceptors (Lipinski definition) is 3. The number of aliphatic hydroxyl groups is 2. The molecule has 0 aliphatic carbocycles. The van der Waals surface area contributed by atoms with Gasteiger partial charge in [0.05, 0.1) is 0 Å². The molecule has 25 heavy (non-hydrogen) atoms. The van der Waals surface area contributed by atoms with Gasteiger partial charge in [0.1, 0.15) is 0 Å². The quantitative estimate of drug-likeness (QED) is 0.178. The van der Waals surface area contributed by atoms with Crippen molar-refractivity contribution in [3.05, 3.63) is 12.2 Å². The maximum Gasteiger partial charge on any atom is 0.223 e. The molecular weight excluding hydrogens is 312 g/mol. The predicted octanol–water partition coefficient (Wildman–Crippen LogP) is 6.07. The first-order valence-corrected chi connectivity index (χ1v) is 10.7. The zero-order valence-corrected chi connectivity index (χ0v) is 16.8. The first-order chi connectivity index (χ1) is 12.0. The Hall–Kier alpha value is -0.670. The summed E-state index contributed by atoms with van der Waals surface area (Å²) in [7, 11) is 0. The molecule has 2 N–H and O–H groups in total. The highest BCUT2D eigenvalue weighted by atomic mass is 16.5. The van der Waals surface area contributed by atoms with Crippen molar-refractivity contribution in [1.29, 1.82) is 0 Å². The van der Waals surface area contributed by atoms with Crippen LogP contribution < -0.4 is 0 Å². The number of allylic oxidation sites excluding steroid dienone is 2. The summed E-state index contributed by atoms with van der Waals surface area (Å²) in [6, 6.07) is 0. The molecule has 0 aromatic carbocycles. The zero-order valence-electron chi connectivity index (χ0n) is 16.8. The highest BCUT2D eigenvalue weighted by Gasteiger charge is 2.30. The predicted molar refractivity (Wildman–Crippen MR) is 107 cm³/mol. The monoisotopic (exact) mass is 354 g/mol. The van der Waals surface area contributed by atoms with Crippen molar-refractivity contribution in [3.63, 3.8) is 0 Å². The van der Waals surface area contributed by atoms with Crippen LogP contribution >= 0.6 is 0 Å². The molecule has 0 aliphatic rings. The lowest BCUT2D eigenvalue weighted by atomic mass is 10.00. The molecule has 0 fully saturated rings. The van der Waals surface area contributed by atoms with Crippen LogP contribution in [0.15, 0.2) is 12.2 Å². The standard InChI is InChI=1S/C22H42O3/c1-3-5-6-7-8-9-10-11-12-13-14-15-16-17-18-19-21(23)22(24,25)20-4-2/h11-12,24-25H,3-10,13-20H2,1-2H3. The highest BCUT2D eigenvalue weighted by molar-refractivity contribution is 5.85. The van der Waals surface area contributed by atoms with Gasteiger partial charge in [0.15, 0.2) is 5.78 Å². The summed E-state index contributed by atoms with van der Waals surface area (Å²) in [6.07, 6.45) is 21.5. The van der Waals surface area contributed by atoms with Gasteiger partial charge in [-0.05, 0) is 32.1 Å². The molecule has 0 unspecified atom stereocenters. The molecule has 0 saturated heterocycles. The van der Waals surface area contributed by atoms with Gasteiger partial charge in [-0.3, -0.25) is 4.79 Å². The summed E-state index contributed by atoms with van der Waals surface area (Å²) in [4.78, 5) is 11.7. The molecule has 3 nitrogen and oxygen atoms in total. The Kier molecular flexibility index (Phi) is 16.3. The third-order valence-corrected chi connectivity index (χ3v) is 4.71. The number of hydrogen-bond donors (Lipinski definition) is 2. The molecule has 0 aromatic heterocycles. The Labute approximate surface area is 155 Å². The number of unbranched alkanes of at least 4 members (excludes halogenated alkanes) is 11. The van der Waals surface area contributed by atoms with E-state index in [4.69, 9.17) is 0 Å². The lowest BCUT2D eigenvalue weighted by molar-refractivity contribution is -0.185. The largest absolute Gasteiger partial charge is 0.360 e. The third-order valence-electron chi connectivity index (χ3n) is 4.71. The van der Waals surface area contributed by atoms with E-state index in [9.17, 15) is 15.0 Å². The fraction of sp³-hybridized carbons (Fsp3) is 0.864. The molecule has 0 aliphatic heterocycles. The summed E-state index contributed by atoms with van der Waals surface area (Å²) in [6.45, 7) is 4.10. The SMILES string of the molecule is CCCCCCCCC=CCCCCCCCC(=O)C(O)(O)CCC. The fourth-order valence-electron chi connectivity index (χ4n) is 3.04. The minimum absolute atomic E-state index is 0.136. The average Bonchev–Trinajstić information content (AvgIpc) is 2.58. The van der Waals surface area contributed by atoms with Gasteiger partial charge in [-0.1, -0.05) is 83.8 Å². The number of carbonyl (C=O) groups excluding carboxylic acids is 1. The number of ketones is 1. The van der Waals surface area contributed by atoms with Gasteiger partial charge >= 0.3 is 0 Å². The van der Waals surface area contributed by atoms with E-state index in [1.54, 1.807) is 0 Å². The van der Waals surface area contributed by atoms with Crippen molar-refractivity contribution in [2.75, 3.05) is 0 Å². The molecule has 0 saturated carbocycles. The molecule has 0 amide bonds. The number of carbonyl (C=O) groups is 1. The van der Waals surface area contributed by atoms with Crippen LogP contribution in [0.3, 0.4) is 0 Å². The number of rotatable bonds is 18. The Morgan fingerprint density at radius 2 is 1.20 bits per heavy atom. The minimum Gasteiger partial charge on any atom is -0.360 e. The summed E-state index contributed by atoms with van der Waals surface area (Å²) >= 11 is 0. The van der Waals surface area contributed by atoms with E-state index in [1.165, 1.54) is 57.8 Å². The molecule has 3 heteroatoms. The first kappa shape index (κ1) is 24.3. The van der Waals surface area contributed by atoms with Gasteiger partial charge in [0.25, 0.3) is 0 Å². The van der Waals surface area contributed by atoms with Gasteiger partial charge in [-0.15, -0.1) is 0 Å². The van der Waals surface area contributed by atoms with Gasteiger partial charge in [0.2, 0.25) is 5.79 Å². The van der Waals surface area contributed by atoms with Crippen molar-refractivity contribution < 1.29 is 15.0 Å². The van der Waals surface area contributed by atoms with Crippen molar-refractivity contribution in [1.82, 2.24) is 0 Å². The van der Waals surface area contributed by atoms with E-state index < -0.39 is 11.6 Å². The van der Waals surface area contributed by atoms with Crippen LogP contribution in [0.4, 0.5) is 0 Å². The molecule has 148 valence electrons. The summed E-state index contributed by atoms with van der Waals surface area (Å²) < 4.78 is 0. The van der Waals surface area contributed by atoms with Gasteiger partial charge < -0.3 is 10.2 Å². The maximum atomic E-state index is 11.7. The molecule has 0 bridgehead atoms. The van der Waals surface area contributed by atoms with Crippen LogP contribution in [-0.4, -0.2) is 21.8 Å². The van der Waals surface area contributed by atoms with Gasteiger partial charge in [0, 0.05) is 12.8 Å². The fourth-order valence-corrected chi connectivity index (χ4v) is 3.04. The Morgan fingerprint density at radius 1 is 0.720 bits per heavy atom. The first-order valence-electron chi connectivity index (χ1n) is 10.7. The van der Waals surface area contributed by atoms with Crippen molar-refractivity contribution in [2.45, 2.75) is 122 Å². The minimum atomic E-state index is -2.10. The van der Waals surface area contributed by atoms with Crippen LogP contribution in [0, 0.1) is 0 Å². The van der Waals surface area contributed by atoms with E-state index in [1.807, 2.05) is 6.92 Å². The van der Waals surface area contributed by atoms with Gasteiger partial charge in [-0.2, -0.15) is 0 Å². The molecule has 0 aromatic rings. The topological polar surface area (TPSA) is 57.5 Å². The lowest BCUT2D eigenvalue weighted by Crippen LogP contribution is -2.37. The normalized spacial score (nSPS) is 12.2. The Bertz CT molecular complexity index is 334. The lowest BCUT2D eigenvalue weighted by Gasteiger charge is -2.19. The second-order valence-electron chi connectivity index (χ2n) is 7.32. The van der Waals surface area contributed by atoms with Crippen LogP contribution in [-0.2, 0) is 4.79 Å². The second-order valence-corrected chi connectivity index (χ2v) is 7.32. The molecular formula is C22H42O3. The van der Waals surface area contributed by atoms with Gasteiger partial charge in [-0.25, -0.2) is 0 Å². The van der Waals surface area contributed by atoms with Crippen LogP contribution in [0.2, 0.25) is 0 Å². The molecule has 0 atom stereocenters. The van der Waals surface area contributed by atoms with E-state index in [2.05, 4.69) is 19.1 Å². The molecule has 0 spiro atoms. The van der Waals surface area contributed by atoms with Crippen molar-refractivity contribution in [2.24, 2.45) is 0 Å². The van der Waals surface area contributed by atoms with Crippen LogP contribution in [0.1, 0.15) is 117 Å². The third kappa shape index (κ3) is 15.3. The van der Waals surface area contributed by atoms with Crippen molar-refractivity contribution in [3.8, 4) is 0 Å². The van der Waals surface area contributed by atoms with Crippen LogP contribution in [0.5, 0.6) is 0 Å². The maximum absolute atomic E-state index is 11.7. The van der Waals surface area contributed by atoms with Crippen LogP contribution in [0.25, 0.3) is 0 Å².